The zero-order valence-electron chi connectivity index (χ0n) is 8.88. The lowest BCUT2D eigenvalue weighted by molar-refractivity contribution is -0.133. The molecule has 0 amide bonds. The molecule has 0 saturated carbocycles. The SMILES string of the molecule is CC(NCCC(F)(F)F)c1cccc(O)c1. The second kappa shape index (κ2) is 5.21. The van der Waals surface area contributed by atoms with Crippen molar-refractivity contribution in [3.63, 3.8) is 0 Å². The first kappa shape index (κ1) is 12.8. The van der Waals surface area contributed by atoms with Crippen molar-refractivity contribution in [3.05, 3.63) is 29.8 Å². The molecule has 1 aromatic carbocycles. The van der Waals surface area contributed by atoms with E-state index in [2.05, 4.69) is 5.32 Å². The smallest absolute Gasteiger partial charge is 0.390 e. The van der Waals surface area contributed by atoms with Crippen LogP contribution in [0.15, 0.2) is 24.3 Å². The summed E-state index contributed by atoms with van der Waals surface area (Å²) in [6.45, 7) is 1.63. The summed E-state index contributed by atoms with van der Waals surface area (Å²) in [5.41, 5.74) is 0.766. The average Bonchev–Trinajstić information content (AvgIpc) is 2.15. The maximum absolute atomic E-state index is 11.9. The van der Waals surface area contributed by atoms with Crippen LogP contribution in [-0.2, 0) is 0 Å². The van der Waals surface area contributed by atoms with E-state index in [0.29, 0.717) is 0 Å². The Morgan fingerprint density at radius 3 is 2.62 bits per heavy atom. The van der Waals surface area contributed by atoms with Crippen LogP contribution >= 0.6 is 0 Å². The lowest BCUT2D eigenvalue weighted by Crippen LogP contribution is -2.24. The van der Waals surface area contributed by atoms with Crippen LogP contribution in [0, 0.1) is 0 Å². The number of alkyl halides is 3. The quantitative estimate of drug-likeness (QED) is 0.837. The van der Waals surface area contributed by atoms with E-state index in [-0.39, 0.29) is 18.3 Å². The van der Waals surface area contributed by atoms with Crippen molar-refractivity contribution < 1.29 is 18.3 Å². The van der Waals surface area contributed by atoms with Crippen molar-refractivity contribution in [1.29, 1.82) is 0 Å². The van der Waals surface area contributed by atoms with Gasteiger partial charge in [-0.05, 0) is 24.6 Å². The van der Waals surface area contributed by atoms with Crippen molar-refractivity contribution in [2.24, 2.45) is 0 Å². The van der Waals surface area contributed by atoms with E-state index < -0.39 is 12.6 Å². The van der Waals surface area contributed by atoms with Gasteiger partial charge in [0, 0.05) is 12.6 Å². The zero-order chi connectivity index (χ0) is 12.2. The highest BCUT2D eigenvalue weighted by molar-refractivity contribution is 5.28. The third kappa shape index (κ3) is 4.53. The number of halogens is 3. The lowest BCUT2D eigenvalue weighted by atomic mass is 10.1. The number of phenols is 1. The van der Waals surface area contributed by atoms with Gasteiger partial charge in [0.25, 0.3) is 0 Å². The summed E-state index contributed by atoms with van der Waals surface area (Å²) in [6, 6.07) is 6.25. The summed E-state index contributed by atoms with van der Waals surface area (Å²) in [6.07, 6.45) is -4.98. The van der Waals surface area contributed by atoms with E-state index >= 15 is 0 Å². The molecule has 0 spiro atoms. The van der Waals surface area contributed by atoms with E-state index in [0.717, 1.165) is 5.56 Å². The summed E-state index contributed by atoms with van der Waals surface area (Å²) in [4.78, 5) is 0. The molecule has 0 saturated heterocycles. The fourth-order valence-electron chi connectivity index (χ4n) is 1.34. The molecule has 0 aliphatic heterocycles. The Morgan fingerprint density at radius 2 is 2.06 bits per heavy atom. The number of aromatic hydroxyl groups is 1. The van der Waals surface area contributed by atoms with Crippen LogP contribution < -0.4 is 5.32 Å². The van der Waals surface area contributed by atoms with E-state index in [1.165, 1.54) is 12.1 Å². The highest BCUT2D eigenvalue weighted by atomic mass is 19.4. The first-order valence-corrected chi connectivity index (χ1v) is 4.97. The minimum absolute atomic E-state index is 0.113. The zero-order valence-corrected chi connectivity index (χ0v) is 8.88. The van der Waals surface area contributed by atoms with Crippen molar-refractivity contribution >= 4 is 0 Å². The third-order valence-electron chi connectivity index (χ3n) is 2.23. The van der Waals surface area contributed by atoms with Gasteiger partial charge in [-0.25, -0.2) is 0 Å². The van der Waals surface area contributed by atoms with Crippen LogP contribution in [0.4, 0.5) is 13.2 Å². The fourth-order valence-corrected chi connectivity index (χ4v) is 1.34. The first-order valence-electron chi connectivity index (χ1n) is 4.97. The van der Waals surface area contributed by atoms with Crippen LogP contribution in [0.1, 0.15) is 24.9 Å². The van der Waals surface area contributed by atoms with E-state index in [9.17, 15) is 18.3 Å². The summed E-state index contributed by atoms with van der Waals surface area (Å²) in [5.74, 6) is 0.113. The van der Waals surface area contributed by atoms with Crippen LogP contribution in [0.25, 0.3) is 0 Å². The fraction of sp³-hybridized carbons (Fsp3) is 0.455. The van der Waals surface area contributed by atoms with Gasteiger partial charge in [-0.15, -0.1) is 0 Å². The number of hydrogen-bond donors (Lipinski definition) is 2. The molecular weight excluding hydrogens is 219 g/mol. The van der Waals surface area contributed by atoms with Crippen LogP contribution in [-0.4, -0.2) is 17.8 Å². The highest BCUT2D eigenvalue weighted by Crippen LogP contribution is 2.20. The van der Waals surface area contributed by atoms with Gasteiger partial charge in [-0.1, -0.05) is 12.1 Å². The second-order valence-corrected chi connectivity index (χ2v) is 3.64. The molecule has 16 heavy (non-hydrogen) atoms. The predicted molar refractivity (Wildman–Crippen MR) is 55.2 cm³/mol. The Hall–Kier alpha value is -1.23. The van der Waals surface area contributed by atoms with Gasteiger partial charge >= 0.3 is 6.18 Å². The standard InChI is InChI=1S/C11H14F3NO/c1-8(15-6-5-11(12,13)14)9-3-2-4-10(16)7-9/h2-4,7-8,15-16H,5-6H2,1H3. The Labute approximate surface area is 92.1 Å². The third-order valence-corrected chi connectivity index (χ3v) is 2.23. The molecule has 2 N–H and O–H groups in total. The van der Waals surface area contributed by atoms with Crippen molar-refractivity contribution in [2.45, 2.75) is 25.6 Å². The predicted octanol–water partition coefficient (Wildman–Crippen LogP) is 3.00. The molecule has 0 radical (unpaired) electrons. The number of rotatable bonds is 4. The second-order valence-electron chi connectivity index (χ2n) is 3.64. The number of hydrogen-bond acceptors (Lipinski definition) is 2. The molecule has 0 aliphatic carbocycles. The minimum atomic E-state index is -4.13. The molecular formula is C11H14F3NO. The molecule has 0 aromatic heterocycles. The van der Waals surface area contributed by atoms with Gasteiger partial charge < -0.3 is 10.4 Å². The normalized spacial score (nSPS) is 13.8. The topological polar surface area (TPSA) is 32.3 Å². The van der Waals surface area contributed by atoms with Gasteiger partial charge in [-0.2, -0.15) is 13.2 Å². The Morgan fingerprint density at radius 1 is 1.38 bits per heavy atom. The Balaban J connectivity index is 2.44. The monoisotopic (exact) mass is 233 g/mol. The van der Waals surface area contributed by atoms with Gasteiger partial charge in [0.15, 0.2) is 0 Å². The summed E-state index contributed by atoms with van der Waals surface area (Å²) in [5, 5.41) is 12.0. The number of nitrogens with one attached hydrogen (secondary N) is 1. The van der Waals surface area contributed by atoms with Gasteiger partial charge in [0.1, 0.15) is 5.75 Å². The molecule has 1 atom stereocenters. The molecule has 2 nitrogen and oxygen atoms in total. The van der Waals surface area contributed by atoms with Gasteiger partial charge in [0.2, 0.25) is 0 Å². The maximum Gasteiger partial charge on any atom is 0.390 e. The molecule has 0 bridgehead atoms. The Kier molecular flexibility index (Phi) is 4.18. The molecule has 90 valence electrons. The Bertz CT molecular complexity index is 338. The number of benzene rings is 1. The minimum Gasteiger partial charge on any atom is -0.508 e. The number of phenolic OH excluding ortho intramolecular Hbond substituents is 1. The van der Waals surface area contributed by atoms with Crippen molar-refractivity contribution in [2.75, 3.05) is 6.54 Å². The van der Waals surface area contributed by atoms with Crippen LogP contribution in [0.3, 0.4) is 0 Å². The van der Waals surface area contributed by atoms with E-state index in [1.807, 2.05) is 0 Å². The van der Waals surface area contributed by atoms with Crippen molar-refractivity contribution in [1.82, 2.24) is 5.32 Å². The largest absolute Gasteiger partial charge is 0.508 e. The maximum atomic E-state index is 11.9. The van der Waals surface area contributed by atoms with Crippen molar-refractivity contribution in [3.8, 4) is 5.75 Å². The highest BCUT2D eigenvalue weighted by Gasteiger charge is 2.26. The molecule has 0 heterocycles. The summed E-state index contributed by atoms with van der Waals surface area (Å²) >= 11 is 0. The summed E-state index contributed by atoms with van der Waals surface area (Å²) < 4.78 is 35.7. The van der Waals surface area contributed by atoms with E-state index in [4.69, 9.17) is 0 Å². The van der Waals surface area contributed by atoms with Crippen LogP contribution in [0.2, 0.25) is 0 Å². The first-order chi connectivity index (χ1) is 7.38. The average molecular weight is 233 g/mol. The van der Waals surface area contributed by atoms with Gasteiger partial charge in [-0.3, -0.25) is 0 Å². The molecule has 0 aliphatic rings. The molecule has 1 aromatic rings. The molecule has 1 rings (SSSR count). The molecule has 5 heteroatoms. The van der Waals surface area contributed by atoms with Gasteiger partial charge in [0.05, 0.1) is 6.42 Å². The lowest BCUT2D eigenvalue weighted by Gasteiger charge is -2.15. The summed E-state index contributed by atoms with van der Waals surface area (Å²) in [7, 11) is 0. The van der Waals surface area contributed by atoms with E-state index in [1.54, 1.807) is 19.1 Å². The van der Waals surface area contributed by atoms with Crippen LogP contribution in [0.5, 0.6) is 5.75 Å². The molecule has 1 unspecified atom stereocenters. The molecule has 0 fully saturated rings.